The first-order valence-electron chi connectivity index (χ1n) is 5.94. The highest BCUT2D eigenvalue weighted by molar-refractivity contribution is 5.07. The molecule has 90 valence electrons. The lowest BCUT2D eigenvalue weighted by molar-refractivity contribution is 0.0936. The van der Waals surface area contributed by atoms with Gasteiger partial charge in [-0.15, -0.1) is 0 Å². The Balaban J connectivity index is 2.03. The van der Waals surface area contributed by atoms with Crippen LogP contribution >= 0.6 is 0 Å². The number of hydrazine groups is 1. The van der Waals surface area contributed by atoms with E-state index in [-0.39, 0.29) is 6.04 Å². The minimum atomic E-state index is 0.130. The predicted octanol–water partition coefficient (Wildman–Crippen LogP) is 0.976. The van der Waals surface area contributed by atoms with Crippen molar-refractivity contribution in [1.82, 2.24) is 15.2 Å². The van der Waals surface area contributed by atoms with Gasteiger partial charge in [0.2, 0.25) is 0 Å². The third kappa shape index (κ3) is 2.42. The maximum atomic E-state index is 5.63. The summed E-state index contributed by atoms with van der Waals surface area (Å²) in [7, 11) is 0. The number of hydrogen-bond donors (Lipinski definition) is 2. The molecule has 0 amide bonds. The highest BCUT2D eigenvalue weighted by Crippen LogP contribution is 2.24. The molecule has 1 fully saturated rings. The lowest BCUT2D eigenvalue weighted by atomic mass is 10.0. The van der Waals surface area contributed by atoms with Gasteiger partial charge in [0.1, 0.15) is 0 Å². The molecule has 2 atom stereocenters. The number of nitrogens with zero attached hydrogens (tertiary/aromatic N) is 2. The molecule has 5 heteroatoms. The van der Waals surface area contributed by atoms with Crippen molar-refractivity contribution >= 4 is 0 Å². The average molecular weight is 224 g/mol. The Morgan fingerprint density at radius 3 is 3.25 bits per heavy atom. The van der Waals surface area contributed by atoms with Crippen LogP contribution in [0.25, 0.3) is 0 Å². The van der Waals surface area contributed by atoms with Crippen LogP contribution in [0, 0.1) is 0 Å². The van der Waals surface area contributed by atoms with Crippen molar-refractivity contribution in [3.63, 3.8) is 0 Å². The van der Waals surface area contributed by atoms with Crippen molar-refractivity contribution in [3.8, 4) is 0 Å². The lowest BCUT2D eigenvalue weighted by Crippen LogP contribution is -2.32. The lowest BCUT2D eigenvalue weighted by Gasteiger charge is -2.20. The van der Waals surface area contributed by atoms with E-state index in [1.165, 1.54) is 0 Å². The molecule has 0 saturated carbocycles. The van der Waals surface area contributed by atoms with E-state index < -0.39 is 0 Å². The van der Waals surface area contributed by atoms with Crippen LogP contribution in [-0.4, -0.2) is 22.5 Å². The second kappa shape index (κ2) is 5.43. The molecule has 0 spiro atoms. The van der Waals surface area contributed by atoms with Crippen LogP contribution in [0.15, 0.2) is 12.3 Å². The van der Waals surface area contributed by atoms with Crippen molar-refractivity contribution in [2.75, 3.05) is 6.61 Å². The molecule has 1 aromatic heterocycles. The van der Waals surface area contributed by atoms with Gasteiger partial charge < -0.3 is 4.74 Å². The van der Waals surface area contributed by atoms with Gasteiger partial charge in [-0.25, -0.2) is 0 Å². The quantitative estimate of drug-likeness (QED) is 0.578. The molecule has 1 aliphatic rings. The zero-order valence-electron chi connectivity index (χ0n) is 9.72. The fourth-order valence-corrected chi connectivity index (χ4v) is 2.27. The zero-order chi connectivity index (χ0) is 11.4. The summed E-state index contributed by atoms with van der Waals surface area (Å²) in [6.07, 6.45) is 5.37. The van der Waals surface area contributed by atoms with E-state index in [1.54, 1.807) is 0 Å². The molecule has 5 nitrogen and oxygen atoms in total. The van der Waals surface area contributed by atoms with Gasteiger partial charge in [0, 0.05) is 19.3 Å². The van der Waals surface area contributed by atoms with Crippen LogP contribution < -0.4 is 11.3 Å². The van der Waals surface area contributed by atoms with Gasteiger partial charge in [0.05, 0.1) is 17.8 Å². The summed E-state index contributed by atoms with van der Waals surface area (Å²) < 4.78 is 7.60. The minimum Gasteiger partial charge on any atom is -0.378 e. The summed E-state index contributed by atoms with van der Waals surface area (Å²) in [5.41, 5.74) is 4.00. The molecule has 0 radical (unpaired) electrons. The zero-order valence-corrected chi connectivity index (χ0v) is 9.72. The Hall–Kier alpha value is -0.910. The number of hydrogen-bond acceptors (Lipinski definition) is 4. The molecule has 1 aliphatic heterocycles. The van der Waals surface area contributed by atoms with Crippen LogP contribution in [0.5, 0.6) is 0 Å². The molecule has 2 unspecified atom stereocenters. The molecular formula is C11H20N4O. The molecule has 3 N–H and O–H groups in total. The van der Waals surface area contributed by atoms with Crippen molar-refractivity contribution in [3.05, 3.63) is 18.0 Å². The smallest absolute Gasteiger partial charge is 0.0653 e. The second-order valence-corrected chi connectivity index (χ2v) is 4.16. The standard InChI is InChI=1S/C11H20N4O/c1-2-15-11(5-6-13-15)10(14-12)8-9-4-3-7-16-9/h5-6,9-10,14H,2-4,7-8,12H2,1H3. The Labute approximate surface area is 95.9 Å². The second-order valence-electron chi connectivity index (χ2n) is 4.16. The Morgan fingerprint density at radius 2 is 2.62 bits per heavy atom. The van der Waals surface area contributed by atoms with Crippen molar-refractivity contribution < 1.29 is 4.74 Å². The molecule has 1 aromatic rings. The molecule has 2 rings (SSSR count). The van der Waals surface area contributed by atoms with Crippen LogP contribution in [0.2, 0.25) is 0 Å². The molecule has 0 aromatic carbocycles. The molecule has 16 heavy (non-hydrogen) atoms. The van der Waals surface area contributed by atoms with E-state index in [2.05, 4.69) is 17.4 Å². The first-order valence-corrected chi connectivity index (χ1v) is 5.94. The Bertz CT molecular complexity index is 320. The van der Waals surface area contributed by atoms with Gasteiger partial charge >= 0.3 is 0 Å². The number of aryl methyl sites for hydroxylation is 1. The highest BCUT2D eigenvalue weighted by atomic mass is 16.5. The number of ether oxygens (including phenoxy) is 1. The minimum absolute atomic E-state index is 0.130. The van der Waals surface area contributed by atoms with Crippen LogP contribution in [0.4, 0.5) is 0 Å². The number of nitrogens with two attached hydrogens (primary N) is 1. The van der Waals surface area contributed by atoms with E-state index in [9.17, 15) is 0 Å². The highest BCUT2D eigenvalue weighted by Gasteiger charge is 2.23. The van der Waals surface area contributed by atoms with Crippen LogP contribution in [0.1, 0.15) is 37.9 Å². The SMILES string of the molecule is CCn1nccc1C(CC1CCCO1)NN. The fraction of sp³-hybridized carbons (Fsp3) is 0.727. The maximum Gasteiger partial charge on any atom is 0.0653 e. The third-order valence-electron chi connectivity index (χ3n) is 3.13. The summed E-state index contributed by atoms with van der Waals surface area (Å²) >= 11 is 0. The molecule has 1 saturated heterocycles. The summed E-state index contributed by atoms with van der Waals surface area (Å²) in [4.78, 5) is 0. The summed E-state index contributed by atoms with van der Waals surface area (Å²) in [6, 6.07) is 2.15. The topological polar surface area (TPSA) is 65.1 Å². The maximum absolute atomic E-state index is 5.63. The monoisotopic (exact) mass is 224 g/mol. The van der Waals surface area contributed by atoms with Gasteiger partial charge in [0.25, 0.3) is 0 Å². The molecule has 2 heterocycles. The van der Waals surface area contributed by atoms with E-state index in [1.807, 2.05) is 16.9 Å². The van der Waals surface area contributed by atoms with Gasteiger partial charge in [0.15, 0.2) is 0 Å². The third-order valence-corrected chi connectivity index (χ3v) is 3.13. The van der Waals surface area contributed by atoms with E-state index >= 15 is 0 Å². The van der Waals surface area contributed by atoms with Crippen molar-refractivity contribution in [2.24, 2.45) is 5.84 Å². The normalized spacial score (nSPS) is 22.5. The fourth-order valence-electron chi connectivity index (χ4n) is 2.27. The number of rotatable bonds is 5. The molecule has 0 aliphatic carbocycles. The predicted molar refractivity (Wildman–Crippen MR) is 61.6 cm³/mol. The van der Waals surface area contributed by atoms with E-state index in [0.717, 1.165) is 38.1 Å². The Morgan fingerprint density at radius 1 is 1.75 bits per heavy atom. The summed E-state index contributed by atoms with van der Waals surface area (Å²) in [5.74, 6) is 5.62. The summed E-state index contributed by atoms with van der Waals surface area (Å²) in [5, 5.41) is 4.26. The van der Waals surface area contributed by atoms with Crippen LogP contribution in [0.3, 0.4) is 0 Å². The molecular weight excluding hydrogens is 204 g/mol. The number of nitrogens with one attached hydrogen (secondary N) is 1. The molecule has 0 bridgehead atoms. The summed E-state index contributed by atoms with van der Waals surface area (Å²) in [6.45, 7) is 3.83. The van der Waals surface area contributed by atoms with Crippen molar-refractivity contribution in [1.29, 1.82) is 0 Å². The number of aromatic nitrogens is 2. The first-order chi connectivity index (χ1) is 7.85. The largest absolute Gasteiger partial charge is 0.378 e. The first kappa shape index (κ1) is 11.6. The van der Waals surface area contributed by atoms with Crippen LogP contribution in [-0.2, 0) is 11.3 Å². The van der Waals surface area contributed by atoms with Gasteiger partial charge in [-0.2, -0.15) is 5.10 Å². The van der Waals surface area contributed by atoms with Gasteiger partial charge in [-0.1, -0.05) is 0 Å². The van der Waals surface area contributed by atoms with E-state index in [4.69, 9.17) is 10.6 Å². The average Bonchev–Trinajstić information content (AvgIpc) is 2.96. The van der Waals surface area contributed by atoms with Gasteiger partial charge in [-0.3, -0.25) is 16.0 Å². The van der Waals surface area contributed by atoms with Crippen molar-refractivity contribution in [2.45, 2.75) is 44.9 Å². The van der Waals surface area contributed by atoms with E-state index in [0.29, 0.717) is 6.10 Å². The Kier molecular flexibility index (Phi) is 3.93. The van der Waals surface area contributed by atoms with Gasteiger partial charge in [-0.05, 0) is 32.3 Å².